The number of carbonyl (C=O) groups is 3. The van der Waals surface area contributed by atoms with Crippen LogP contribution in [0.2, 0.25) is 0 Å². The van der Waals surface area contributed by atoms with Gasteiger partial charge < -0.3 is 19.5 Å². The Kier molecular flexibility index (Phi) is 8.88. The van der Waals surface area contributed by atoms with Gasteiger partial charge in [0, 0.05) is 37.8 Å². The molecule has 0 bridgehead atoms. The van der Waals surface area contributed by atoms with E-state index in [1.807, 2.05) is 0 Å². The van der Waals surface area contributed by atoms with E-state index in [0.717, 1.165) is 0 Å². The topological polar surface area (TPSA) is 103 Å². The highest BCUT2D eigenvalue weighted by Crippen LogP contribution is 2.23. The van der Waals surface area contributed by atoms with Crippen molar-refractivity contribution in [3.63, 3.8) is 0 Å². The van der Waals surface area contributed by atoms with Gasteiger partial charge in [-0.2, -0.15) is 0 Å². The van der Waals surface area contributed by atoms with Gasteiger partial charge >= 0.3 is 6.09 Å². The van der Waals surface area contributed by atoms with E-state index >= 15 is 0 Å². The summed E-state index contributed by atoms with van der Waals surface area (Å²) in [5.74, 6) is -0.910. The summed E-state index contributed by atoms with van der Waals surface area (Å²) < 4.78 is 22.1. The molecule has 3 aromatic rings. The lowest BCUT2D eigenvalue weighted by Crippen LogP contribution is -2.30. The number of fused-ring (bicyclic) bond motifs is 1. The first kappa shape index (κ1) is 28.4. The number of nitrogens with one attached hydrogen (secondary N) is 1. The summed E-state index contributed by atoms with van der Waals surface area (Å²) in [5.41, 5.74) is -0.241. The Balaban J connectivity index is 1.78. The van der Waals surface area contributed by atoms with Crippen LogP contribution < -0.4 is 10.9 Å². The number of likely N-dealkylation sites (N-methyl/N-ethyl adjacent to an activating group) is 1. The van der Waals surface area contributed by atoms with Crippen LogP contribution in [0.15, 0.2) is 59.5 Å². The predicted octanol–water partition coefficient (Wildman–Crippen LogP) is 4.53. The van der Waals surface area contributed by atoms with Crippen molar-refractivity contribution in [2.75, 3.05) is 19.4 Å². The Labute approximate surface area is 220 Å². The third kappa shape index (κ3) is 7.41. The maximum Gasteiger partial charge on any atom is 0.419 e. The molecule has 0 saturated carbocycles. The van der Waals surface area contributed by atoms with Gasteiger partial charge in [-0.15, -0.1) is 0 Å². The number of pyridine rings is 1. The fourth-order valence-electron chi connectivity index (χ4n) is 3.74. The first-order valence-corrected chi connectivity index (χ1v) is 12.3. The highest BCUT2D eigenvalue weighted by atomic mass is 19.1. The average molecular weight is 525 g/mol. The van der Waals surface area contributed by atoms with Crippen LogP contribution in [0.1, 0.15) is 45.7 Å². The fourth-order valence-corrected chi connectivity index (χ4v) is 3.74. The maximum absolute atomic E-state index is 13.9. The number of ether oxygens (including phenoxy) is 1. The molecule has 0 atom stereocenters. The summed E-state index contributed by atoms with van der Waals surface area (Å²) in [6.07, 6.45) is 5.29. The van der Waals surface area contributed by atoms with Crippen LogP contribution in [0.4, 0.5) is 14.9 Å². The van der Waals surface area contributed by atoms with Crippen LogP contribution in [0.25, 0.3) is 10.9 Å². The van der Waals surface area contributed by atoms with E-state index in [-0.39, 0.29) is 30.5 Å². The minimum atomic E-state index is -0.760. The number of amides is 2. The molecular formula is C28H33FN4O5. The van der Waals surface area contributed by atoms with Gasteiger partial charge in [-0.05, 0) is 76.1 Å². The van der Waals surface area contributed by atoms with Crippen LogP contribution >= 0.6 is 0 Å². The SMILES string of the molecule is CN(C)C(=O)/C=C/CCCC(=O)Nc1cccn(Cc2cc3cc(F)ccc3n2C(=O)OC(C)(C)C)c1=O. The smallest absolute Gasteiger partial charge is 0.419 e. The Hall–Kier alpha value is -4.21. The van der Waals surface area contributed by atoms with Crippen molar-refractivity contribution in [3.05, 3.63) is 76.6 Å². The largest absolute Gasteiger partial charge is 0.443 e. The summed E-state index contributed by atoms with van der Waals surface area (Å²) >= 11 is 0. The summed E-state index contributed by atoms with van der Waals surface area (Å²) in [6, 6.07) is 8.81. The number of anilines is 1. The number of hydrogen-bond acceptors (Lipinski definition) is 5. The number of rotatable bonds is 8. The van der Waals surface area contributed by atoms with Gasteiger partial charge in [0.2, 0.25) is 11.8 Å². The summed E-state index contributed by atoms with van der Waals surface area (Å²) in [6.45, 7) is 5.22. The lowest BCUT2D eigenvalue weighted by Gasteiger charge is -2.21. The first-order valence-electron chi connectivity index (χ1n) is 12.3. The molecule has 9 nitrogen and oxygen atoms in total. The van der Waals surface area contributed by atoms with Crippen LogP contribution in [-0.2, 0) is 20.9 Å². The molecule has 0 unspecified atom stereocenters. The maximum atomic E-state index is 13.9. The zero-order valence-corrected chi connectivity index (χ0v) is 22.3. The predicted molar refractivity (Wildman–Crippen MR) is 144 cm³/mol. The van der Waals surface area contributed by atoms with Crippen molar-refractivity contribution in [2.45, 2.75) is 52.2 Å². The summed E-state index contributed by atoms with van der Waals surface area (Å²) in [4.78, 5) is 51.5. The Bertz CT molecular complexity index is 1430. The fraction of sp³-hybridized carbons (Fsp3) is 0.357. The molecule has 0 radical (unpaired) electrons. The lowest BCUT2D eigenvalue weighted by molar-refractivity contribution is -0.123. The second-order valence-electron chi connectivity index (χ2n) is 10.1. The summed E-state index contributed by atoms with van der Waals surface area (Å²) in [7, 11) is 3.31. The highest BCUT2D eigenvalue weighted by Gasteiger charge is 2.23. The van der Waals surface area contributed by atoms with Crippen molar-refractivity contribution in [2.24, 2.45) is 0 Å². The van der Waals surface area contributed by atoms with Crippen molar-refractivity contribution in [3.8, 4) is 0 Å². The van der Waals surface area contributed by atoms with Crippen LogP contribution in [0.3, 0.4) is 0 Å². The number of hydrogen-bond donors (Lipinski definition) is 1. The molecule has 2 amide bonds. The zero-order valence-electron chi connectivity index (χ0n) is 22.3. The molecule has 0 aliphatic heterocycles. The molecule has 0 aliphatic rings. The lowest BCUT2D eigenvalue weighted by atomic mass is 10.2. The minimum absolute atomic E-state index is 0.0111. The number of allylic oxidation sites excluding steroid dienone is 1. The van der Waals surface area contributed by atoms with E-state index in [9.17, 15) is 23.6 Å². The van der Waals surface area contributed by atoms with E-state index < -0.39 is 23.1 Å². The van der Waals surface area contributed by atoms with Gasteiger partial charge in [0.1, 0.15) is 17.1 Å². The van der Waals surface area contributed by atoms with E-state index in [2.05, 4.69) is 5.32 Å². The highest BCUT2D eigenvalue weighted by molar-refractivity contribution is 5.91. The van der Waals surface area contributed by atoms with Crippen molar-refractivity contribution < 1.29 is 23.5 Å². The number of nitrogens with zero attached hydrogens (tertiary/aromatic N) is 3. The van der Waals surface area contributed by atoms with Crippen LogP contribution in [0.5, 0.6) is 0 Å². The Morgan fingerprint density at radius 1 is 1.13 bits per heavy atom. The summed E-state index contributed by atoms with van der Waals surface area (Å²) in [5, 5.41) is 3.13. The van der Waals surface area contributed by atoms with Gasteiger partial charge in [-0.25, -0.2) is 13.8 Å². The molecule has 0 aliphatic carbocycles. The van der Waals surface area contributed by atoms with Gasteiger partial charge in [0.25, 0.3) is 5.56 Å². The molecule has 1 aromatic carbocycles. The normalized spacial score (nSPS) is 11.6. The second-order valence-corrected chi connectivity index (χ2v) is 10.1. The number of aromatic nitrogens is 2. The molecule has 2 heterocycles. The number of halogens is 1. The molecule has 10 heteroatoms. The number of benzene rings is 1. The zero-order chi connectivity index (χ0) is 28.0. The third-order valence-electron chi connectivity index (χ3n) is 5.52. The van der Waals surface area contributed by atoms with Crippen molar-refractivity contribution in [1.29, 1.82) is 0 Å². The standard InChI is InChI=1S/C28H33FN4O5/c1-28(2,3)38-27(37)33-21(17-19-16-20(29)13-14-23(19)33)18-32-15-9-10-22(26(32)36)30-24(34)11-7-6-8-12-25(35)31(4)5/h8-10,12-17H,6-7,11,18H2,1-5H3,(H,30,34)/b12-8+. The number of carbonyl (C=O) groups excluding carboxylic acids is 3. The molecule has 202 valence electrons. The Morgan fingerprint density at radius 2 is 1.87 bits per heavy atom. The number of unbranched alkanes of at least 4 members (excludes halogenated alkanes) is 1. The second kappa shape index (κ2) is 11.9. The molecule has 2 aromatic heterocycles. The molecule has 3 rings (SSSR count). The van der Waals surface area contributed by atoms with E-state index in [1.54, 1.807) is 59.3 Å². The van der Waals surface area contributed by atoms with Crippen molar-refractivity contribution in [1.82, 2.24) is 14.0 Å². The first-order chi connectivity index (χ1) is 17.9. The molecule has 0 fully saturated rings. The molecule has 1 N–H and O–H groups in total. The van der Waals surface area contributed by atoms with Gasteiger partial charge in [0.05, 0.1) is 12.1 Å². The average Bonchev–Trinajstić information content (AvgIpc) is 3.17. The minimum Gasteiger partial charge on any atom is -0.443 e. The van der Waals surface area contributed by atoms with Gasteiger partial charge in [-0.1, -0.05) is 6.08 Å². The quantitative estimate of drug-likeness (QED) is 0.345. The Morgan fingerprint density at radius 3 is 2.55 bits per heavy atom. The van der Waals surface area contributed by atoms with Gasteiger partial charge in [-0.3, -0.25) is 14.4 Å². The van der Waals surface area contributed by atoms with Crippen LogP contribution in [0, 0.1) is 5.82 Å². The van der Waals surface area contributed by atoms with E-state index in [1.165, 1.54) is 44.4 Å². The van der Waals surface area contributed by atoms with Crippen molar-refractivity contribution >= 4 is 34.5 Å². The third-order valence-corrected chi connectivity index (χ3v) is 5.52. The molecular weight excluding hydrogens is 491 g/mol. The van der Waals surface area contributed by atoms with E-state index in [4.69, 9.17) is 4.74 Å². The van der Waals surface area contributed by atoms with Crippen LogP contribution in [-0.4, -0.2) is 51.6 Å². The molecule has 0 spiro atoms. The van der Waals surface area contributed by atoms with Gasteiger partial charge in [0.15, 0.2) is 0 Å². The molecule has 38 heavy (non-hydrogen) atoms. The molecule has 0 saturated heterocycles. The van der Waals surface area contributed by atoms with E-state index in [0.29, 0.717) is 29.4 Å². The monoisotopic (exact) mass is 524 g/mol.